The van der Waals surface area contributed by atoms with E-state index in [1.54, 1.807) is 26.2 Å². The summed E-state index contributed by atoms with van der Waals surface area (Å²) < 4.78 is 22.4. The van der Waals surface area contributed by atoms with Crippen LogP contribution in [-0.2, 0) is 25.6 Å². The zero-order chi connectivity index (χ0) is 27.3. The van der Waals surface area contributed by atoms with E-state index < -0.39 is 29.8 Å². The fourth-order valence-corrected chi connectivity index (χ4v) is 4.73. The van der Waals surface area contributed by atoms with Crippen molar-refractivity contribution in [1.82, 2.24) is 5.32 Å². The van der Waals surface area contributed by atoms with Gasteiger partial charge in [-0.3, -0.25) is 0 Å². The Morgan fingerprint density at radius 1 is 0.872 bits per heavy atom. The van der Waals surface area contributed by atoms with Crippen LogP contribution in [0.1, 0.15) is 57.7 Å². The van der Waals surface area contributed by atoms with Gasteiger partial charge in [-0.15, -0.1) is 0 Å². The summed E-state index contributed by atoms with van der Waals surface area (Å²) in [6.45, 7) is 7.58. The van der Waals surface area contributed by atoms with Crippen molar-refractivity contribution in [3.8, 4) is 16.9 Å². The zero-order valence-electron chi connectivity index (χ0n) is 22.5. The number of carbonyl (C=O) groups is 2. The Bertz CT molecular complexity index is 1220. The molecule has 2 atom stereocenters. The highest BCUT2D eigenvalue weighted by Gasteiger charge is 2.34. The van der Waals surface area contributed by atoms with Crippen LogP contribution in [0.3, 0.4) is 0 Å². The van der Waals surface area contributed by atoms with Gasteiger partial charge in [-0.05, 0) is 67.6 Å². The third-order valence-corrected chi connectivity index (χ3v) is 6.42. The molecule has 3 aromatic rings. The molecule has 0 radical (unpaired) electrons. The van der Waals surface area contributed by atoms with Crippen molar-refractivity contribution in [2.45, 2.75) is 65.4 Å². The van der Waals surface area contributed by atoms with Crippen LogP contribution in [0.5, 0.6) is 5.75 Å². The van der Waals surface area contributed by atoms with E-state index in [1.807, 2.05) is 57.2 Å². The van der Waals surface area contributed by atoms with Crippen LogP contribution in [0, 0.1) is 0 Å². The molecule has 39 heavy (non-hydrogen) atoms. The second-order valence-electron chi connectivity index (χ2n) is 10.3. The predicted octanol–water partition coefficient (Wildman–Crippen LogP) is 6.49. The van der Waals surface area contributed by atoms with Crippen molar-refractivity contribution >= 4 is 12.1 Å². The average molecular weight is 534 g/mol. The van der Waals surface area contributed by atoms with Gasteiger partial charge in [-0.1, -0.05) is 68.1 Å². The van der Waals surface area contributed by atoms with E-state index in [9.17, 15) is 9.59 Å². The Hall–Kier alpha value is -3.84. The molecule has 208 valence electrons. The van der Waals surface area contributed by atoms with E-state index in [-0.39, 0.29) is 26.6 Å². The van der Waals surface area contributed by atoms with Crippen LogP contribution in [-0.4, -0.2) is 43.5 Å². The summed E-state index contributed by atoms with van der Waals surface area (Å²) in [6, 6.07) is 22.4. The van der Waals surface area contributed by atoms with Gasteiger partial charge in [-0.2, -0.15) is 0 Å². The molecule has 0 fully saturated rings. The summed E-state index contributed by atoms with van der Waals surface area (Å²) in [5.41, 5.74) is 4.77. The molecular formula is C32H39NO6. The van der Waals surface area contributed by atoms with Crippen LogP contribution >= 0.6 is 0 Å². The Morgan fingerprint density at radius 3 is 1.97 bits per heavy atom. The number of methoxy groups -OCH3 is 1. The molecule has 0 saturated heterocycles. The van der Waals surface area contributed by atoms with Crippen molar-refractivity contribution in [3.63, 3.8) is 0 Å². The van der Waals surface area contributed by atoms with Crippen molar-refractivity contribution in [1.29, 1.82) is 0 Å². The Labute approximate surface area is 231 Å². The molecule has 1 N–H and O–H groups in total. The van der Waals surface area contributed by atoms with Gasteiger partial charge in [0.1, 0.15) is 19.0 Å². The molecule has 1 aliphatic carbocycles. The number of hydrogen-bond donors (Lipinski definition) is 1. The van der Waals surface area contributed by atoms with Crippen LogP contribution in [0.25, 0.3) is 11.1 Å². The van der Waals surface area contributed by atoms with Crippen molar-refractivity contribution in [3.05, 3.63) is 89.5 Å². The standard InChI is InChI=1S/C31H35NO6.CH4/c1-20(38-31(2,3)4)28(29(33)36-18-21-14-16-22(35-5)17-15-21)32-30(34)37-19-27-25-12-8-6-10-23(25)24-11-7-9-13-26(24)27;/h6-17,20,27-28H,18-19H2,1-5H3,(H,32,34);1H4/t20-,28+;/m0./s1. The first-order chi connectivity index (χ1) is 18.2. The first kappa shape index (κ1) is 29.7. The smallest absolute Gasteiger partial charge is 0.407 e. The monoisotopic (exact) mass is 533 g/mol. The zero-order valence-corrected chi connectivity index (χ0v) is 22.5. The van der Waals surface area contributed by atoms with Gasteiger partial charge in [-0.25, -0.2) is 9.59 Å². The van der Waals surface area contributed by atoms with E-state index in [0.29, 0.717) is 5.75 Å². The predicted molar refractivity (Wildman–Crippen MR) is 152 cm³/mol. The summed E-state index contributed by atoms with van der Waals surface area (Å²) in [5.74, 6) is 0.0185. The van der Waals surface area contributed by atoms with E-state index >= 15 is 0 Å². The van der Waals surface area contributed by atoms with Gasteiger partial charge in [0.15, 0.2) is 6.04 Å². The minimum Gasteiger partial charge on any atom is -0.497 e. The molecule has 0 unspecified atom stereocenters. The molecular weight excluding hydrogens is 494 g/mol. The van der Waals surface area contributed by atoms with E-state index in [4.69, 9.17) is 18.9 Å². The van der Waals surface area contributed by atoms with Gasteiger partial charge in [0.05, 0.1) is 18.8 Å². The molecule has 7 heteroatoms. The first-order valence-electron chi connectivity index (χ1n) is 12.7. The summed E-state index contributed by atoms with van der Waals surface area (Å²) in [5, 5.41) is 2.68. The summed E-state index contributed by atoms with van der Waals surface area (Å²) >= 11 is 0. The Balaban J connectivity index is 0.00000420. The van der Waals surface area contributed by atoms with Gasteiger partial charge < -0.3 is 24.3 Å². The number of fused-ring (bicyclic) bond motifs is 3. The molecule has 0 heterocycles. The van der Waals surface area contributed by atoms with Crippen LogP contribution in [0.15, 0.2) is 72.8 Å². The second kappa shape index (κ2) is 12.8. The molecule has 0 saturated carbocycles. The number of hydrogen-bond acceptors (Lipinski definition) is 6. The maximum absolute atomic E-state index is 13.1. The van der Waals surface area contributed by atoms with Crippen LogP contribution in [0.4, 0.5) is 4.79 Å². The second-order valence-corrected chi connectivity index (χ2v) is 10.3. The number of esters is 1. The van der Waals surface area contributed by atoms with Crippen molar-refractivity contribution in [2.24, 2.45) is 0 Å². The SMILES string of the molecule is C.COc1ccc(COC(=O)[C@H](NC(=O)OCC2c3ccccc3-c3ccccc32)[C@H](C)OC(C)(C)C)cc1. The van der Waals surface area contributed by atoms with E-state index in [0.717, 1.165) is 27.8 Å². The molecule has 4 rings (SSSR count). The molecule has 0 spiro atoms. The maximum Gasteiger partial charge on any atom is 0.407 e. The lowest BCUT2D eigenvalue weighted by Gasteiger charge is -2.30. The lowest BCUT2D eigenvalue weighted by molar-refractivity contribution is -0.154. The highest BCUT2D eigenvalue weighted by atomic mass is 16.6. The number of rotatable bonds is 9. The molecule has 0 bridgehead atoms. The van der Waals surface area contributed by atoms with Crippen molar-refractivity contribution < 1.29 is 28.5 Å². The molecule has 1 amide bonds. The fraction of sp³-hybridized carbons (Fsp3) is 0.375. The lowest BCUT2D eigenvalue weighted by atomic mass is 9.98. The van der Waals surface area contributed by atoms with Gasteiger partial charge >= 0.3 is 12.1 Å². The summed E-state index contributed by atoms with van der Waals surface area (Å²) in [4.78, 5) is 26.0. The lowest BCUT2D eigenvalue weighted by Crippen LogP contribution is -2.51. The highest BCUT2D eigenvalue weighted by Crippen LogP contribution is 2.44. The van der Waals surface area contributed by atoms with Gasteiger partial charge in [0, 0.05) is 5.92 Å². The fourth-order valence-electron chi connectivity index (χ4n) is 4.73. The number of alkyl carbamates (subject to hydrolysis) is 1. The summed E-state index contributed by atoms with van der Waals surface area (Å²) in [6.07, 6.45) is -1.36. The van der Waals surface area contributed by atoms with Gasteiger partial charge in [0.2, 0.25) is 0 Å². The van der Waals surface area contributed by atoms with Crippen LogP contribution < -0.4 is 10.1 Å². The minimum atomic E-state index is -1.05. The summed E-state index contributed by atoms with van der Waals surface area (Å²) in [7, 11) is 1.59. The molecule has 0 aliphatic heterocycles. The normalized spacial score (nSPS) is 13.8. The number of carbonyl (C=O) groups excluding carboxylic acids is 2. The number of amides is 1. The number of ether oxygens (including phenoxy) is 4. The topological polar surface area (TPSA) is 83.1 Å². The third kappa shape index (κ3) is 7.39. The number of benzene rings is 3. The minimum absolute atomic E-state index is 0. The molecule has 0 aromatic heterocycles. The number of nitrogens with one attached hydrogen (secondary N) is 1. The first-order valence-corrected chi connectivity index (χ1v) is 12.7. The van der Waals surface area contributed by atoms with Crippen molar-refractivity contribution in [2.75, 3.05) is 13.7 Å². The molecule has 3 aromatic carbocycles. The largest absolute Gasteiger partial charge is 0.497 e. The van der Waals surface area contributed by atoms with Gasteiger partial charge in [0.25, 0.3) is 0 Å². The third-order valence-electron chi connectivity index (χ3n) is 6.42. The Morgan fingerprint density at radius 2 is 1.44 bits per heavy atom. The average Bonchev–Trinajstić information content (AvgIpc) is 3.22. The maximum atomic E-state index is 13.1. The van der Waals surface area contributed by atoms with Crippen LogP contribution in [0.2, 0.25) is 0 Å². The molecule has 1 aliphatic rings. The Kier molecular flexibility index (Phi) is 9.76. The molecule has 7 nitrogen and oxygen atoms in total. The highest BCUT2D eigenvalue weighted by molar-refractivity contribution is 5.82. The van der Waals surface area contributed by atoms with E-state index in [2.05, 4.69) is 29.6 Å². The quantitative estimate of drug-likeness (QED) is 0.317. The van der Waals surface area contributed by atoms with E-state index in [1.165, 1.54) is 0 Å².